The SMILES string of the molecule is Cc1c(-c2ccnn2-c2ccc(F)cc2)cc(C(=O)O)c(=O)n1-c1cccc(C(F)(F)F)c1. The number of pyridine rings is 1. The topological polar surface area (TPSA) is 77.1 Å². The average Bonchev–Trinajstić information content (AvgIpc) is 3.23. The van der Waals surface area contributed by atoms with Gasteiger partial charge in [-0.05, 0) is 61.5 Å². The molecule has 0 saturated heterocycles. The van der Waals surface area contributed by atoms with Gasteiger partial charge in [0.1, 0.15) is 11.4 Å². The zero-order valence-corrected chi connectivity index (χ0v) is 17.0. The van der Waals surface area contributed by atoms with Gasteiger partial charge < -0.3 is 5.11 Å². The summed E-state index contributed by atoms with van der Waals surface area (Å²) in [7, 11) is 0. The van der Waals surface area contributed by atoms with E-state index in [9.17, 15) is 32.3 Å². The molecule has 0 unspecified atom stereocenters. The molecule has 0 amide bonds. The predicted molar refractivity (Wildman–Crippen MR) is 111 cm³/mol. The lowest BCUT2D eigenvalue weighted by atomic mass is 10.1. The van der Waals surface area contributed by atoms with Crippen LogP contribution in [0.15, 0.2) is 71.7 Å². The van der Waals surface area contributed by atoms with Gasteiger partial charge >= 0.3 is 12.1 Å². The van der Waals surface area contributed by atoms with Crippen molar-refractivity contribution in [3.8, 4) is 22.6 Å². The van der Waals surface area contributed by atoms with Gasteiger partial charge in [0.25, 0.3) is 5.56 Å². The number of halogens is 4. The quantitative estimate of drug-likeness (QED) is 0.445. The Bertz CT molecular complexity index is 1420. The second kappa shape index (κ2) is 8.05. The molecule has 0 saturated carbocycles. The van der Waals surface area contributed by atoms with Crippen molar-refractivity contribution in [1.29, 1.82) is 0 Å². The van der Waals surface area contributed by atoms with E-state index in [2.05, 4.69) is 5.10 Å². The second-order valence-electron chi connectivity index (χ2n) is 7.16. The summed E-state index contributed by atoms with van der Waals surface area (Å²) in [6, 6.07) is 12.1. The van der Waals surface area contributed by atoms with Crippen molar-refractivity contribution >= 4 is 5.97 Å². The number of nitrogens with zero attached hydrogens (tertiary/aromatic N) is 3. The minimum Gasteiger partial charge on any atom is -0.477 e. The molecule has 0 fully saturated rings. The van der Waals surface area contributed by atoms with Crippen molar-refractivity contribution in [1.82, 2.24) is 14.3 Å². The highest BCUT2D eigenvalue weighted by Gasteiger charge is 2.31. The number of carboxylic acids is 1. The maximum Gasteiger partial charge on any atom is 0.416 e. The average molecular weight is 457 g/mol. The highest BCUT2D eigenvalue weighted by molar-refractivity contribution is 5.89. The zero-order chi connectivity index (χ0) is 23.9. The Morgan fingerprint density at radius 3 is 2.33 bits per heavy atom. The van der Waals surface area contributed by atoms with Crippen molar-refractivity contribution in [2.45, 2.75) is 13.1 Å². The highest BCUT2D eigenvalue weighted by atomic mass is 19.4. The van der Waals surface area contributed by atoms with Crippen LogP contribution < -0.4 is 5.56 Å². The molecule has 4 rings (SSSR count). The molecular weight excluding hydrogens is 442 g/mol. The Kier molecular flexibility index (Phi) is 5.36. The molecule has 2 aromatic carbocycles. The molecule has 33 heavy (non-hydrogen) atoms. The molecule has 0 radical (unpaired) electrons. The number of aromatic nitrogens is 3. The van der Waals surface area contributed by atoms with Crippen LogP contribution in [0.5, 0.6) is 0 Å². The van der Waals surface area contributed by atoms with Gasteiger partial charge in [0.05, 0.1) is 23.1 Å². The van der Waals surface area contributed by atoms with E-state index in [4.69, 9.17) is 0 Å². The third-order valence-electron chi connectivity index (χ3n) is 5.10. The van der Waals surface area contributed by atoms with E-state index < -0.39 is 34.6 Å². The number of hydrogen-bond acceptors (Lipinski definition) is 3. The fourth-order valence-corrected chi connectivity index (χ4v) is 3.54. The van der Waals surface area contributed by atoms with Gasteiger partial charge in [0, 0.05) is 16.9 Å². The molecular formula is C23H15F4N3O3. The fourth-order valence-electron chi connectivity index (χ4n) is 3.54. The number of aromatic carboxylic acids is 1. The van der Waals surface area contributed by atoms with Crippen LogP contribution in [0.2, 0.25) is 0 Å². The molecule has 0 spiro atoms. The van der Waals surface area contributed by atoms with Crippen LogP contribution in [-0.2, 0) is 6.18 Å². The first kappa shape index (κ1) is 22.0. The maximum absolute atomic E-state index is 13.3. The third kappa shape index (κ3) is 4.02. The predicted octanol–water partition coefficient (Wildman–Crippen LogP) is 4.85. The van der Waals surface area contributed by atoms with Crippen molar-refractivity contribution < 1.29 is 27.5 Å². The van der Waals surface area contributed by atoms with Gasteiger partial charge in [-0.1, -0.05) is 6.07 Å². The third-order valence-corrected chi connectivity index (χ3v) is 5.10. The molecule has 0 bridgehead atoms. The number of rotatable bonds is 4. The second-order valence-corrected chi connectivity index (χ2v) is 7.16. The smallest absolute Gasteiger partial charge is 0.416 e. The number of carbonyl (C=O) groups is 1. The number of alkyl halides is 3. The van der Waals surface area contributed by atoms with Gasteiger partial charge in [0.2, 0.25) is 0 Å². The number of carboxylic acid groups (broad SMARTS) is 1. The molecule has 2 heterocycles. The van der Waals surface area contributed by atoms with Gasteiger partial charge in [-0.25, -0.2) is 13.9 Å². The molecule has 10 heteroatoms. The Labute approximate surface area is 184 Å². The van der Waals surface area contributed by atoms with Crippen LogP contribution in [0.4, 0.5) is 17.6 Å². The zero-order valence-electron chi connectivity index (χ0n) is 17.0. The highest BCUT2D eigenvalue weighted by Crippen LogP contribution is 2.32. The van der Waals surface area contributed by atoms with E-state index >= 15 is 0 Å². The standard InChI is InChI=1S/C23H15F4N3O3/c1-13-18(20-9-10-28-30(20)16-7-5-15(24)6-8-16)12-19(22(32)33)21(31)29(13)17-4-2-3-14(11-17)23(25,26)27/h2-12H,1H3,(H,32,33). The lowest BCUT2D eigenvalue weighted by molar-refractivity contribution is -0.137. The molecule has 0 aliphatic rings. The number of benzene rings is 2. The normalized spacial score (nSPS) is 11.5. The van der Waals surface area contributed by atoms with Crippen molar-refractivity contribution in [3.63, 3.8) is 0 Å². The number of hydrogen-bond donors (Lipinski definition) is 1. The summed E-state index contributed by atoms with van der Waals surface area (Å²) in [5, 5.41) is 13.8. The van der Waals surface area contributed by atoms with Crippen molar-refractivity contribution in [3.05, 3.63) is 99.9 Å². The van der Waals surface area contributed by atoms with E-state index in [-0.39, 0.29) is 16.9 Å². The largest absolute Gasteiger partial charge is 0.477 e. The Morgan fingerprint density at radius 1 is 1.00 bits per heavy atom. The molecule has 1 N–H and O–H groups in total. The first-order chi connectivity index (χ1) is 15.6. The Hall–Kier alpha value is -4.21. The summed E-state index contributed by atoms with van der Waals surface area (Å²) in [4.78, 5) is 24.7. The van der Waals surface area contributed by atoms with E-state index in [1.165, 1.54) is 48.1 Å². The van der Waals surface area contributed by atoms with Crippen molar-refractivity contribution in [2.75, 3.05) is 0 Å². The van der Waals surface area contributed by atoms with Crippen LogP contribution in [0, 0.1) is 12.7 Å². The molecule has 168 valence electrons. The minimum absolute atomic E-state index is 0.135. The summed E-state index contributed by atoms with van der Waals surface area (Å²) in [5.74, 6) is -2.00. The van der Waals surface area contributed by atoms with Crippen LogP contribution >= 0.6 is 0 Å². The maximum atomic E-state index is 13.3. The van der Waals surface area contributed by atoms with Crippen LogP contribution in [0.25, 0.3) is 22.6 Å². The van der Waals surface area contributed by atoms with Gasteiger partial charge in [-0.3, -0.25) is 9.36 Å². The van der Waals surface area contributed by atoms with Crippen LogP contribution in [0.3, 0.4) is 0 Å². The summed E-state index contributed by atoms with van der Waals surface area (Å²) in [6.45, 7) is 1.49. The van der Waals surface area contributed by atoms with E-state index in [0.717, 1.165) is 28.8 Å². The summed E-state index contributed by atoms with van der Waals surface area (Å²) in [5.41, 5.74) is -1.43. The van der Waals surface area contributed by atoms with E-state index in [1.54, 1.807) is 6.07 Å². The first-order valence-corrected chi connectivity index (χ1v) is 9.56. The Morgan fingerprint density at radius 2 is 1.70 bits per heavy atom. The lowest BCUT2D eigenvalue weighted by Crippen LogP contribution is -2.28. The minimum atomic E-state index is -4.65. The molecule has 6 nitrogen and oxygen atoms in total. The monoisotopic (exact) mass is 457 g/mol. The molecule has 0 aliphatic heterocycles. The Balaban J connectivity index is 2.00. The van der Waals surface area contributed by atoms with Gasteiger partial charge in [0.15, 0.2) is 0 Å². The molecule has 0 aliphatic carbocycles. The molecule has 4 aromatic rings. The van der Waals surface area contributed by atoms with Crippen LogP contribution in [0.1, 0.15) is 21.6 Å². The van der Waals surface area contributed by atoms with Gasteiger partial charge in [-0.15, -0.1) is 0 Å². The summed E-state index contributed by atoms with van der Waals surface area (Å²) >= 11 is 0. The van der Waals surface area contributed by atoms with Crippen molar-refractivity contribution in [2.24, 2.45) is 0 Å². The summed E-state index contributed by atoms with van der Waals surface area (Å²) < 4.78 is 55.4. The van der Waals surface area contributed by atoms with Gasteiger partial charge in [-0.2, -0.15) is 18.3 Å². The molecule has 2 aromatic heterocycles. The summed E-state index contributed by atoms with van der Waals surface area (Å²) in [6.07, 6.45) is -3.22. The fraction of sp³-hybridized carbons (Fsp3) is 0.0870. The van der Waals surface area contributed by atoms with E-state index in [1.807, 2.05) is 0 Å². The van der Waals surface area contributed by atoms with E-state index in [0.29, 0.717) is 11.4 Å². The van der Waals surface area contributed by atoms with Crippen LogP contribution in [-0.4, -0.2) is 25.4 Å². The lowest BCUT2D eigenvalue weighted by Gasteiger charge is -2.18. The molecule has 0 atom stereocenters. The first-order valence-electron chi connectivity index (χ1n) is 9.56.